The minimum Gasteiger partial charge on any atom is -0.304 e. The standard InChI is InChI=1S/C43H28N6/c1-5-14-29(15-6-1)40-44-41(30-16-7-2-8-17-30)46-42(45-40)31-24-25-36-35(28-31)34-22-13-23-37-39(34)49(36)38-26-27-47(32-18-9-3-10-19-32)43(38)48(37)33-20-11-4-12-21-33/h1-28H. The molecule has 3 aromatic heterocycles. The number of aromatic nitrogens is 5. The Morgan fingerprint density at radius 3 is 1.61 bits per heavy atom. The number of para-hydroxylation sites is 3. The molecule has 0 unspecified atom stereocenters. The average molecular weight is 629 g/mol. The number of hydrogen-bond acceptors (Lipinski definition) is 4. The Balaban J connectivity index is 1.22. The smallest absolute Gasteiger partial charge is 0.164 e. The number of anilines is 3. The Labute approximate surface area is 282 Å². The minimum atomic E-state index is 0.642. The third kappa shape index (κ3) is 4.31. The van der Waals surface area contributed by atoms with Crippen LogP contribution >= 0.6 is 0 Å². The highest BCUT2D eigenvalue weighted by molar-refractivity contribution is 6.17. The van der Waals surface area contributed by atoms with Crippen LogP contribution in [0.4, 0.5) is 17.2 Å². The fourth-order valence-corrected chi connectivity index (χ4v) is 7.12. The van der Waals surface area contributed by atoms with Crippen LogP contribution in [0.2, 0.25) is 0 Å². The summed E-state index contributed by atoms with van der Waals surface area (Å²) < 4.78 is 4.70. The molecule has 10 rings (SSSR count). The molecule has 0 fully saturated rings. The van der Waals surface area contributed by atoms with Gasteiger partial charge in [0.15, 0.2) is 17.5 Å². The van der Waals surface area contributed by atoms with Gasteiger partial charge >= 0.3 is 0 Å². The Morgan fingerprint density at radius 1 is 0.408 bits per heavy atom. The predicted octanol–water partition coefficient (Wildman–Crippen LogP) is 10.5. The van der Waals surface area contributed by atoms with E-state index in [1.54, 1.807) is 0 Å². The fourth-order valence-electron chi connectivity index (χ4n) is 7.12. The third-order valence-corrected chi connectivity index (χ3v) is 9.30. The summed E-state index contributed by atoms with van der Waals surface area (Å²) in [5, 5.41) is 2.32. The van der Waals surface area contributed by atoms with Crippen LogP contribution in [-0.2, 0) is 0 Å². The average Bonchev–Trinajstić information content (AvgIpc) is 3.76. The topological polar surface area (TPSA) is 51.8 Å². The molecule has 4 heterocycles. The number of hydrogen-bond donors (Lipinski definition) is 0. The van der Waals surface area contributed by atoms with Gasteiger partial charge < -0.3 is 9.13 Å². The van der Waals surface area contributed by atoms with E-state index < -0.39 is 0 Å². The molecule has 0 bridgehead atoms. The Kier molecular flexibility index (Phi) is 6.08. The summed E-state index contributed by atoms with van der Waals surface area (Å²) in [5.74, 6) is 3.04. The second-order valence-corrected chi connectivity index (χ2v) is 12.2. The largest absolute Gasteiger partial charge is 0.304 e. The Hall–Kier alpha value is -6.79. The molecule has 0 aliphatic carbocycles. The molecule has 0 spiro atoms. The van der Waals surface area contributed by atoms with Crippen molar-refractivity contribution in [2.45, 2.75) is 0 Å². The van der Waals surface area contributed by atoms with Crippen LogP contribution in [0.3, 0.4) is 0 Å². The molecule has 230 valence electrons. The lowest BCUT2D eigenvalue weighted by Gasteiger charge is -2.32. The van der Waals surface area contributed by atoms with Crippen LogP contribution in [0, 0.1) is 0 Å². The summed E-state index contributed by atoms with van der Waals surface area (Å²) in [5.41, 5.74) is 9.61. The molecule has 0 atom stereocenters. The van der Waals surface area contributed by atoms with Crippen molar-refractivity contribution in [3.05, 3.63) is 170 Å². The zero-order valence-electron chi connectivity index (χ0n) is 26.3. The highest BCUT2D eigenvalue weighted by atomic mass is 15.3. The first-order chi connectivity index (χ1) is 24.3. The quantitative estimate of drug-likeness (QED) is 0.190. The van der Waals surface area contributed by atoms with Crippen LogP contribution in [0.15, 0.2) is 170 Å². The van der Waals surface area contributed by atoms with Crippen molar-refractivity contribution in [1.29, 1.82) is 0 Å². The van der Waals surface area contributed by atoms with Crippen LogP contribution in [0.1, 0.15) is 0 Å². The Bertz CT molecular complexity index is 2590. The highest BCUT2D eigenvalue weighted by Gasteiger charge is 2.31. The lowest BCUT2D eigenvalue weighted by atomic mass is 10.1. The summed E-state index contributed by atoms with van der Waals surface area (Å²) in [6, 6.07) is 56.8. The SMILES string of the molecule is c1ccc(-c2nc(-c3ccccc3)nc(-c3ccc4c(c3)c3cccc5c3n4-c3ccn(-c4ccccc4)c3N5c3ccccc3)n2)cc1. The maximum Gasteiger partial charge on any atom is 0.164 e. The molecule has 1 aliphatic heterocycles. The van der Waals surface area contributed by atoms with E-state index in [1.165, 1.54) is 10.9 Å². The zero-order chi connectivity index (χ0) is 32.3. The second-order valence-electron chi connectivity index (χ2n) is 12.2. The van der Waals surface area contributed by atoms with Crippen LogP contribution in [0.25, 0.3) is 67.3 Å². The maximum absolute atomic E-state index is 5.03. The van der Waals surface area contributed by atoms with Gasteiger partial charge in [0, 0.05) is 45.0 Å². The van der Waals surface area contributed by atoms with E-state index in [4.69, 9.17) is 15.0 Å². The summed E-state index contributed by atoms with van der Waals surface area (Å²) in [7, 11) is 0. The number of fused-ring (bicyclic) bond motifs is 5. The lowest BCUT2D eigenvalue weighted by Crippen LogP contribution is -2.20. The molecule has 49 heavy (non-hydrogen) atoms. The first-order valence-electron chi connectivity index (χ1n) is 16.4. The van der Waals surface area contributed by atoms with E-state index in [9.17, 15) is 0 Å². The first kappa shape index (κ1) is 27.3. The first-order valence-corrected chi connectivity index (χ1v) is 16.4. The molecule has 6 nitrogen and oxygen atoms in total. The summed E-state index contributed by atoms with van der Waals surface area (Å²) >= 11 is 0. The molecule has 0 saturated heterocycles. The van der Waals surface area contributed by atoms with Gasteiger partial charge in [-0.25, -0.2) is 15.0 Å². The lowest BCUT2D eigenvalue weighted by molar-refractivity contribution is 1.01. The second kappa shape index (κ2) is 10.9. The van der Waals surface area contributed by atoms with E-state index in [2.05, 4.69) is 123 Å². The van der Waals surface area contributed by atoms with E-state index in [1.807, 2.05) is 60.7 Å². The number of nitrogens with zero attached hydrogens (tertiary/aromatic N) is 6. The summed E-state index contributed by atoms with van der Waals surface area (Å²) in [6.07, 6.45) is 2.18. The van der Waals surface area contributed by atoms with Gasteiger partial charge in [-0.1, -0.05) is 109 Å². The zero-order valence-corrected chi connectivity index (χ0v) is 26.3. The third-order valence-electron chi connectivity index (χ3n) is 9.30. The van der Waals surface area contributed by atoms with E-state index in [-0.39, 0.29) is 0 Å². The van der Waals surface area contributed by atoms with Crippen LogP contribution in [0.5, 0.6) is 0 Å². The van der Waals surface area contributed by atoms with Crippen molar-refractivity contribution in [3.8, 4) is 45.5 Å². The monoisotopic (exact) mass is 628 g/mol. The van der Waals surface area contributed by atoms with Crippen molar-refractivity contribution in [2.75, 3.05) is 4.90 Å². The van der Waals surface area contributed by atoms with Crippen LogP contribution < -0.4 is 4.90 Å². The van der Waals surface area contributed by atoms with Crippen molar-refractivity contribution in [1.82, 2.24) is 24.1 Å². The van der Waals surface area contributed by atoms with E-state index >= 15 is 0 Å². The van der Waals surface area contributed by atoms with Crippen molar-refractivity contribution < 1.29 is 0 Å². The van der Waals surface area contributed by atoms with Gasteiger partial charge in [0.25, 0.3) is 0 Å². The van der Waals surface area contributed by atoms with Gasteiger partial charge in [-0.05, 0) is 54.6 Å². The molecular formula is C43H28N6. The van der Waals surface area contributed by atoms with Gasteiger partial charge in [0.1, 0.15) is 5.82 Å². The number of benzene rings is 6. The molecule has 1 aliphatic rings. The number of rotatable bonds is 5. The molecule has 6 aromatic carbocycles. The molecule has 0 N–H and O–H groups in total. The molecular weight excluding hydrogens is 601 g/mol. The Morgan fingerprint density at radius 2 is 0.980 bits per heavy atom. The minimum absolute atomic E-state index is 0.642. The van der Waals surface area contributed by atoms with Gasteiger partial charge in [-0.3, -0.25) is 4.90 Å². The predicted molar refractivity (Wildman–Crippen MR) is 198 cm³/mol. The normalized spacial score (nSPS) is 12.0. The van der Waals surface area contributed by atoms with E-state index in [0.29, 0.717) is 17.5 Å². The molecule has 0 amide bonds. The highest BCUT2D eigenvalue weighted by Crippen LogP contribution is 2.50. The van der Waals surface area contributed by atoms with Crippen molar-refractivity contribution in [3.63, 3.8) is 0 Å². The van der Waals surface area contributed by atoms with Crippen molar-refractivity contribution >= 4 is 39.0 Å². The van der Waals surface area contributed by atoms with Crippen molar-refractivity contribution in [2.24, 2.45) is 0 Å². The van der Waals surface area contributed by atoms with Gasteiger partial charge in [-0.15, -0.1) is 0 Å². The molecule has 0 radical (unpaired) electrons. The van der Waals surface area contributed by atoms with Gasteiger partial charge in [-0.2, -0.15) is 0 Å². The fraction of sp³-hybridized carbons (Fsp3) is 0. The van der Waals surface area contributed by atoms with E-state index in [0.717, 1.165) is 56.2 Å². The molecule has 0 saturated carbocycles. The molecule has 6 heteroatoms. The maximum atomic E-state index is 5.03. The van der Waals surface area contributed by atoms with Crippen LogP contribution in [-0.4, -0.2) is 24.1 Å². The molecule has 9 aromatic rings. The summed E-state index contributed by atoms with van der Waals surface area (Å²) in [6.45, 7) is 0. The van der Waals surface area contributed by atoms with Gasteiger partial charge in [0.05, 0.1) is 22.4 Å². The summed E-state index contributed by atoms with van der Waals surface area (Å²) in [4.78, 5) is 17.3. The van der Waals surface area contributed by atoms with Gasteiger partial charge in [0.2, 0.25) is 0 Å².